The van der Waals surface area contributed by atoms with Crippen LogP contribution in [0, 0.1) is 0 Å². The van der Waals surface area contributed by atoms with E-state index >= 15 is 0 Å². The largest absolute Gasteiger partial charge is 0.495 e. The number of amides is 3. The monoisotopic (exact) mass is 529 g/mol. The van der Waals surface area contributed by atoms with Gasteiger partial charge >= 0.3 is 6.03 Å². The Bertz CT molecular complexity index is 1170. The van der Waals surface area contributed by atoms with Crippen LogP contribution in [0.1, 0.15) is 10.4 Å². The van der Waals surface area contributed by atoms with Gasteiger partial charge in [-0.1, -0.05) is 59.2 Å². The first kappa shape index (κ1) is 24.4. The molecule has 0 unspecified atom stereocenters. The van der Waals surface area contributed by atoms with Crippen LogP contribution >= 0.6 is 59.2 Å². The van der Waals surface area contributed by atoms with Crippen LogP contribution in [0.4, 0.5) is 21.9 Å². The highest BCUT2D eigenvalue weighted by Crippen LogP contribution is 2.34. The molecule has 32 heavy (non-hydrogen) atoms. The van der Waals surface area contributed by atoms with E-state index in [1.165, 1.54) is 37.4 Å². The van der Waals surface area contributed by atoms with Crippen LogP contribution in [0.25, 0.3) is 0 Å². The Balaban J connectivity index is 1.82. The standard InChI is InChI=1S/C21H15Cl4N3O3S/c1-31-19-5-3-14(26-20(29)11-2-4-16(24)17(25)6-11)10-18(19)28(32)21(30)27-15-8-12(22)7-13(23)9-15/h2-10,32H,1H3,(H,26,29)(H,27,30). The number of methoxy groups -OCH3 is 1. The van der Waals surface area contributed by atoms with Gasteiger partial charge in [0.15, 0.2) is 0 Å². The molecule has 3 rings (SSSR count). The summed E-state index contributed by atoms with van der Waals surface area (Å²) in [5, 5.41) is 6.70. The third-order valence-corrected chi connectivity index (χ3v) is 5.73. The first-order valence-electron chi connectivity index (χ1n) is 8.88. The van der Waals surface area contributed by atoms with Gasteiger partial charge in [-0.25, -0.2) is 9.10 Å². The summed E-state index contributed by atoms with van der Waals surface area (Å²) in [4.78, 5) is 25.3. The number of rotatable bonds is 5. The van der Waals surface area contributed by atoms with Crippen LogP contribution in [0.5, 0.6) is 5.75 Å². The minimum Gasteiger partial charge on any atom is -0.495 e. The number of hydrogen-bond acceptors (Lipinski definition) is 4. The SMILES string of the molecule is COc1ccc(NC(=O)c2ccc(Cl)c(Cl)c2)cc1N(S)C(=O)Nc1cc(Cl)cc(Cl)c1. The van der Waals surface area contributed by atoms with Crippen molar-refractivity contribution >= 4 is 88.2 Å². The molecule has 11 heteroatoms. The summed E-state index contributed by atoms with van der Waals surface area (Å²) in [6.45, 7) is 0. The molecule has 0 spiro atoms. The molecule has 0 saturated carbocycles. The van der Waals surface area contributed by atoms with Gasteiger partial charge < -0.3 is 15.4 Å². The number of ether oxygens (including phenoxy) is 1. The summed E-state index contributed by atoms with van der Waals surface area (Å²) >= 11 is 28.1. The topological polar surface area (TPSA) is 70.7 Å². The minimum absolute atomic E-state index is 0.258. The van der Waals surface area contributed by atoms with E-state index in [0.29, 0.717) is 37.8 Å². The van der Waals surface area contributed by atoms with Gasteiger partial charge in [0.25, 0.3) is 5.91 Å². The van der Waals surface area contributed by atoms with Crippen LogP contribution in [-0.2, 0) is 0 Å². The second-order valence-corrected chi connectivity index (χ2v) is 8.46. The summed E-state index contributed by atoms with van der Waals surface area (Å²) < 4.78 is 6.35. The van der Waals surface area contributed by atoms with Crippen molar-refractivity contribution in [3.63, 3.8) is 0 Å². The van der Waals surface area contributed by atoms with E-state index in [4.69, 9.17) is 51.1 Å². The second-order valence-electron chi connectivity index (χ2n) is 6.37. The molecule has 0 aromatic heterocycles. The van der Waals surface area contributed by atoms with Crippen LogP contribution in [0.2, 0.25) is 20.1 Å². The van der Waals surface area contributed by atoms with Gasteiger partial charge in [-0.2, -0.15) is 0 Å². The maximum absolute atomic E-state index is 12.7. The highest BCUT2D eigenvalue weighted by molar-refractivity contribution is 7.82. The number of halogens is 4. The highest BCUT2D eigenvalue weighted by atomic mass is 35.5. The number of urea groups is 1. The molecule has 166 valence electrons. The van der Waals surface area contributed by atoms with E-state index < -0.39 is 11.9 Å². The fourth-order valence-corrected chi connectivity index (χ4v) is 3.72. The van der Waals surface area contributed by atoms with Crippen molar-refractivity contribution in [3.05, 3.63) is 80.3 Å². The maximum atomic E-state index is 12.7. The van der Waals surface area contributed by atoms with Gasteiger partial charge in [-0.3, -0.25) is 4.79 Å². The lowest BCUT2D eigenvalue weighted by molar-refractivity contribution is 0.102. The van der Waals surface area contributed by atoms with Gasteiger partial charge in [0.1, 0.15) is 11.4 Å². The number of carbonyl (C=O) groups is 2. The lowest BCUT2D eigenvalue weighted by Gasteiger charge is -2.20. The number of carbonyl (C=O) groups excluding carboxylic acids is 2. The molecule has 0 atom stereocenters. The summed E-state index contributed by atoms with van der Waals surface area (Å²) in [6.07, 6.45) is 0. The Labute approximate surface area is 209 Å². The molecule has 2 N–H and O–H groups in total. The Hall–Kier alpha value is -2.29. The molecule has 3 aromatic carbocycles. The Morgan fingerprint density at radius 1 is 0.844 bits per heavy atom. The van der Waals surface area contributed by atoms with Gasteiger partial charge in [0.05, 0.1) is 17.2 Å². The van der Waals surface area contributed by atoms with E-state index in [0.717, 1.165) is 4.31 Å². The number of hydrogen-bond donors (Lipinski definition) is 3. The van der Waals surface area contributed by atoms with E-state index in [2.05, 4.69) is 23.4 Å². The second kappa shape index (κ2) is 10.6. The van der Waals surface area contributed by atoms with Gasteiger partial charge in [0.2, 0.25) is 0 Å². The minimum atomic E-state index is -0.599. The summed E-state index contributed by atoms with van der Waals surface area (Å²) in [5.74, 6) is -0.0600. The number of thiol groups is 1. The van der Waals surface area contributed by atoms with Gasteiger partial charge in [-0.05, 0) is 54.6 Å². The van der Waals surface area contributed by atoms with E-state index in [1.54, 1.807) is 24.3 Å². The predicted octanol–water partition coefficient (Wildman–Crippen LogP) is 7.44. The Kier molecular flexibility index (Phi) is 8.03. The molecule has 6 nitrogen and oxygen atoms in total. The number of anilines is 3. The maximum Gasteiger partial charge on any atom is 0.336 e. The first-order chi connectivity index (χ1) is 15.2. The van der Waals surface area contributed by atoms with Crippen molar-refractivity contribution in [2.45, 2.75) is 0 Å². The smallest absolute Gasteiger partial charge is 0.336 e. The number of nitrogens with one attached hydrogen (secondary N) is 2. The summed E-state index contributed by atoms with van der Waals surface area (Å²) in [7, 11) is 1.45. The fourth-order valence-electron chi connectivity index (χ4n) is 2.69. The third kappa shape index (κ3) is 5.94. The first-order valence-corrected chi connectivity index (χ1v) is 10.8. The predicted molar refractivity (Wildman–Crippen MR) is 134 cm³/mol. The van der Waals surface area contributed by atoms with Crippen molar-refractivity contribution in [2.75, 3.05) is 22.0 Å². The number of nitrogens with zero attached hydrogens (tertiary/aromatic N) is 1. The van der Waals surface area contributed by atoms with Crippen LogP contribution < -0.4 is 19.7 Å². The average Bonchev–Trinajstić information content (AvgIpc) is 2.74. The van der Waals surface area contributed by atoms with Gasteiger partial charge in [-0.15, -0.1) is 0 Å². The molecule has 0 fully saturated rings. The quantitative estimate of drug-likeness (QED) is 0.300. The lowest BCUT2D eigenvalue weighted by atomic mass is 10.2. The Morgan fingerprint density at radius 3 is 2.16 bits per heavy atom. The highest BCUT2D eigenvalue weighted by Gasteiger charge is 2.19. The van der Waals surface area contributed by atoms with Crippen LogP contribution in [-0.4, -0.2) is 19.0 Å². The molecule has 3 amide bonds. The lowest BCUT2D eigenvalue weighted by Crippen LogP contribution is -2.27. The van der Waals surface area contributed by atoms with Crippen LogP contribution in [0.3, 0.4) is 0 Å². The zero-order valence-electron chi connectivity index (χ0n) is 16.3. The molecule has 0 aliphatic rings. The zero-order valence-corrected chi connectivity index (χ0v) is 20.2. The van der Waals surface area contributed by atoms with E-state index in [9.17, 15) is 9.59 Å². The van der Waals surface area contributed by atoms with Gasteiger partial charge in [0, 0.05) is 27.0 Å². The molecular formula is C21H15Cl4N3O3S. The summed E-state index contributed by atoms with van der Waals surface area (Å²) in [5.41, 5.74) is 1.38. The summed E-state index contributed by atoms with van der Waals surface area (Å²) in [6, 6.07) is 13.3. The molecule has 0 aliphatic carbocycles. The average molecular weight is 531 g/mol. The van der Waals surface area contributed by atoms with E-state index in [-0.39, 0.29) is 10.7 Å². The molecular weight excluding hydrogens is 516 g/mol. The fraction of sp³-hybridized carbons (Fsp3) is 0.0476. The van der Waals surface area contributed by atoms with Crippen molar-refractivity contribution < 1.29 is 14.3 Å². The third-order valence-electron chi connectivity index (χ3n) is 4.15. The molecule has 0 radical (unpaired) electrons. The molecule has 0 saturated heterocycles. The normalized spacial score (nSPS) is 10.4. The van der Waals surface area contributed by atoms with Crippen molar-refractivity contribution in [2.24, 2.45) is 0 Å². The zero-order chi connectivity index (χ0) is 23.4. The Morgan fingerprint density at radius 2 is 1.53 bits per heavy atom. The van der Waals surface area contributed by atoms with Crippen LogP contribution in [0.15, 0.2) is 54.6 Å². The molecule has 3 aromatic rings. The molecule has 0 bridgehead atoms. The van der Waals surface area contributed by atoms with Crippen molar-refractivity contribution in [3.8, 4) is 5.75 Å². The van der Waals surface area contributed by atoms with Crippen molar-refractivity contribution in [1.82, 2.24) is 0 Å². The van der Waals surface area contributed by atoms with E-state index in [1.807, 2.05) is 0 Å². The molecule has 0 heterocycles. The number of benzene rings is 3. The van der Waals surface area contributed by atoms with Crippen molar-refractivity contribution in [1.29, 1.82) is 0 Å². The molecule has 0 aliphatic heterocycles.